The number of H-pyrrole nitrogens is 1. The number of aryl methyl sites for hydroxylation is 1. The number of hydrogen-bond donors (Lipinski definition) is 2. The van der Waals surface area contributed by atoms with Gasteiger partial charge in [0.05, 0.1) is 5.56 Å². The highest BCUT2D eigenvalue weighted by Crippen LogP contribution is 2.26. The second kappa shape index (κ2) is 6.80. The lowest BCUT2D eigenvalue weighted by Gasteiger charge is -2.12. The van der Waals surface area contributed by atoms with Crippen molar-refractivity contribution in [2.45, 2.75) is 26.3 Å². The van der Waals surface area contributed by atoms with Crippen LogP contribution in [0, 0.1) is 11.6 Å². The highest BCUT2D eigenvalue weighted by atomic mass is 19.1. The van der Waals surface area contributed by atoms with Gasteiger partial charge in [-0.1, -0.05) is 19.1 Å². The summed E-state index contributed by atoms with van der Waals surface area (Å²) in [5.74, 6) is -2.74. The van der Waals surface area contributed by atoms with Crippen molar-refractivity contribution >= 4 is 16.6 Å². The molecule has 134 valence electrons. The number of pyridine rings is 1. The summed E-state index contributed by atoms with van der Waals surface area (Å²) in [6.07, 6.45) is 2.07. The Morgan fingerprint density at radius 2 is 1.88 bits per heavy atom. The fraction of sp³-hybridized carbons (Fsp3) is 0.200. The van der Waals surface area contributed by atoms with Crippen LogP contribution in [0.2, 0.25) is 0 Å². The molecule has 3 rings (SSSR count). The van der Waals surface area contributed by atoms with E-state index in [1.54, 1.807) is 13.0 Å². The fourth-order valence-corrected chi connectivity index (χ4v) is 3.07. The molecule has 3 N–H and O–H groups in total. The van der Waals surface area contributed by atoms with E-state index in [1.807, 2.05) is 6.92 Å². The number of hydrogen-bond acceptors (Lipinski definition) is 3. The van der Waals surface area contributed by atoms with Gasteiger partial charge in [0.15, 0.2) is 5.78 Å². The van der Waals surface area contributed by atoms with Crippen LogP contribution in [0.3, 0.4) is 0 Å². The zero-order chi connectivity index (χ0) is 19.0. The molecule has 0 aliphatic carbocycles. The summed E-state index contributed by atoms with van der Waals surface area (Å²) in [5, 5.41) is 0.724. The van der Waals surface area contributed by atoms with Gasteiger partial charge in [-0.2, -0.15) is 0 Å². The molecule has 0 aliphatic rings. The number of ketones is 1. The van der Waals surface area contributed by atoms with E-state index in [4.69, 9.17) is 5.73 Å². The van der Waals surface area contributed by atoms with Gasteiger partial charge in [-0.15, -0.1) is 0 Å². The molecular weight excluding hydrogens is 338 g/mol. The van der Waals surface area contributed by atoms with Gasteiger partial charge in [-0.3, -0.25) is 9.59 Å². The molecule has 0 fully saturated rings. The van der Waals surface area contributed by atoms with Crippen molar-refractivity contribution < 1.29 is 13.6 Å². The van der Waals surface area contributed by atoms with Crippen molar-refractivity contribution in [3.05, 3.63) is 80.8 Å². The lowest BCUT2D eigenvalue weighted by molar-refractivity contribution is 0.103. The minimum Gasteiger partial charge on any atom is -0.328 e. The molecule has 1 aromatic heterocycles. The molecule has 0 aliphatic heterocycles. The highest BCUT2D eigenvalue weighted by Gasteiger charge is 2.23. The van der Waals surface area contributed by atoms with Crippen molar-refractivity contribution in [1.82, 2.24) is 4.98 Å². The number of aromatic amines is 1. The van der Waals surface area contributed by atoms with Crippen LogP contribution < -0.4 is 11.3 Å². The van der Waals surface area contributed by atoms with Gasteiger partial charge in [0.2, 0.25) is 0 Å². The third-order valence-electron chi connectivity index (χ3n) is 4.45. The lowest BCUT2D eigenvalue weighted by atomic mass is 9.93. The van der Waals surface area contributed by atoms with Crippen molar-refractivity contribution in [3.63, 3.8) is 0 Å². The number of halogens is 2. The molecule has 4 nitrogen and oxygen atoms in total. The third kappa shape index (κ3) is 2.93. The quantitative estimate of drug-likeness (QED) is 0.701. The predicted molar refractivity (Wildman–Crippen MR) is 96.3 cm³/mol. The molecule has 0 spiro atoms. The van der Waals surface area contributed by atoms with E-state index in [9.17, 15) is 18.4 Å². The topological polar surface area (TPSA) is 76.0 Å². The fourth-order valence-electron chi connectivity index (χ4n) is 3.07. The van der Waals surface area contributed by atoms with E-state index in [-0.39, 0.29) is 16.7 Å². The first-order chi connectivity index (χ1) is 12.3. The molecule has 1 heterocycles. The van der Waals surface area contributed by atoms with Gasteiger partial charge < -0.3 is 10.7 Å². The first-order valence-electron chi connectivity index (χ1n) is 8.27. The Hall–Kier alpha value is -2.86. The van der Waals surface area contributed by atoms with E-state index in [1.165, 1.54) is 18.3 Å². The highest BCUT2D eigenvalue weighted by molar-refractivity contribution is 6.17. The molecule has 26 heavy (non-hydrogen) atoms. The summed E-state index contributed by atoms with van der Waals surface area (Å²) in [5.41, 5.74) is 5.73. The number of nitrogens with two attached hydrogens (primary N) is 1. The van der Waals surface area contributed by atoms with Gasteiger partial charge in [0.25, 0.3) is 5.56 Å². The molecule has 0 saturated carbocycles. The van der Waals surface area contributed by atoms with Gasteiger partial charge in [0.1, 0.15) is 11.6 Å². The Bertz CT molecular complexity index is 1050. The first-order valence-corrected chi connectivity index (χ1v) is 8.27. The van der Waals surface area contributed by atoms with E-state index < -0.39 is 29.0 Å². The minimum atomic E-state index is -0.970. The zero-order valence-corrected chi connectivity index (χ0v) is 14.4. The lowest BCUT2D eigenvalue weighted by Crippen LogP contribution is -2.14. The Labute approximate surface area is 148 Å². The Balaban J connectivity index is 2.27. The van der Waals surface area contributed by atoms with E-state index >= 15 is 0 Å². The number of aromatic nitrogens is 1. The predicted octanol–water partition coefficient (Wildman–Crippen LogP) is 3.62. The second-order valence-corrected chi connectivity index (χ2v) is 6.20. The Kier molecular flexibility index (Phi) is 4.70. The van der Waals surface area contributed by atoms with Gasteiger partial charge >= 0.3 is 0 Å². The van der Waals surface area contributed by atoms with Crippen LogP contribution in [0.1, 0.15) is 46.9 Å². The van der Waals surface area contributed by atoms with Gasteiger partial charge in [-0.05, 0) is 42.7 Å². The number of nitrogens with one attached hydrogen (secondary N) is 1. The normalized spacial score (nSPS) is 12.3. The summed E-state index contributed by atoms with van der Waals surface area (Å²) >= 11 is 0. The summed E-state index contributed by atoms with van der Waals surface area (Å²) in [6.45, 7) is 3.47. The minimum absolute atomic E-state index is 0.0943. The smallest absolute Gasteiger partial charge is 0.255 e. The summed E-state index contributed by atoms with van der Waals surface area (Å²) < 4.78 is 29.0. The molecule has 6 heteroatoms. The molecule has 3 aromatic rings. The molecular formula is C20H18F2N2O2. The summed E-state index contributed by atoms with van der Waals surface area (Å²) in [4.78, 5) is 27.6. The Morgan fingerprint density at radius 1 is 1.23 bits per heavy atom. The van der Waals surface area contributed by atoms with Gasteiger partial charge in [-0.25, -0.2) is 8.78 Å². The second-order valence-electron chi connectivity index (χ2n) is 6.20. The third-order valence-corrected chi connectivity index (χ3v) is 4.45. The van der Waals surface area contributed by atoms with Crippen LogP contribution >= 0.6 is 0 Å². The van der Waals surface area contributed by atoms with Crippen molar-refractivity contribution in [2.75, 3.05) is 0 Å². The van der Waals surface area contributed by atoms with Crippen LogP contribution in [0.15, 0.2) is 41.3 Å². The number of fused-ring (bicyclic) bond motifs is 1. The average molecular weight is 356 g/mol. The summed E-state index contributed by atoms with van der Waals surface area (Å²) in [6, 6.07) is 6.15. The van der Waals surface area contributed by atoms with Crippen LogP contribution in [0.4, 0.5) is 8.78 Å². The zero-order valence-electron chi connectivity index (χ0n) is 14.4. The van der Waals surface area contributed by atoms with E-state index in [0.29, 0.717) is 17.2 Å². The summed E-state index contributed by atoms with van der Waals surface area (Å²) in [7, 11) is 0. The molecule has 1 atom stereocenters. The van der Waals surface area contributed by atoms with Crippen LogP contribution in [-0.2, 0) is 6.42 Å². The maximum atomic E-state index is 14.5. The van der Waals surface area contributed by atoms with Crippen LogP contribution in [0.5, 0.6) is 0 Å². The number of carbonyl (C=O) groups excluding carboxylic acids is 1. The molecule has 2 aromatic carbocycles. The van der Waals surface area contributed by atoms with Crippen molar-refractivity contribution in [2.24, 2.45) is 5.73 Å². The van der Waals surface area contributed by atoms with Crippen LogP contribution in [-0.4, -0.2) is 10.8 Å². The Morgan fingerprint density at radius 3 is 2.46 bits per heavy atom. The number of benzene rings is 2. The van der Waals surface area contributed by atoms with E-state index in [0.717, 1.165) is 17.7 Å². The molecule has 1 unspecified atom stereocenters. The average Bonchev–Trinajstić information content (AvgIpc) is 2.61. The standard InChI is InChI=1S/C20H18F2N2O2/c1-3-11-9-24-20(26)14-6-4-5-13(17(11)14)19(25)18-15(21)7-12(10(2)23)8-16(18)22/h4-10H,3,23H2,1-2H3,(H,24,26). The van der Waals surface area contributed by atoms with Crippen LogP contribution in [0.25, 0.3) is 10.8 Å². The number of rotatable bonds is 4. The largest absolute Gasteiger partial charge is 0.328 e. The maximum Gasteiger partial charge on any atom is 0.255 e. The van der Waals surface area contributed by atoms with Crippen molar-refractivity contribution in [3.8, 4) is 0 Å². The first kappa shape index (κ1) is 17.9. The molecule has 0 saturated heterocycles. The molecule has 0 amide bonds. The monoisotopic (exact) mass is 356 g/mol. The maximum absolute atomic E-state index is 14.5. The SMILES string of the molecule is CCc1c[nH]c(=O)c2cccc(C(=O)c3c(F)cc(C(C)N)cc3F)c12. The van der Waals surface area contributed by atoms with Gasteiger partial charge in [0, 0.05) is 28.6 Å². The molecule has 0 radical (unpaired) electrons. The van der Waals surface area contributed by atoms with Crippen molar-refractivity contribution in [1.29, 1.82) is 0 Å². The number of carbonyl (C=O) groups is 1. The molecule has 0 bridgehead atoms. The van der Waals surface area contributed by atoms with E-state index in [2.05, 4.69) is 4.98 Å².